The first kappa shape index (κ1) is 15.6. The van der Waals surface area contributed by atoms with E-state index in [-0.39, 0.29) is 10.5 Å². The third-order valence-corrected chi connectivity index (χ3v) is 4.33. The van der Waals surface area contributed by atoms with Gasteiger partial charge in [-0.05, 0) is 44.5 Å². The number of hydrogen-bond donors (Lipinski definition) is 1. The summed E-state index contributed by atoms with van der Waals surface area (Å²) in [5.41, 5.74) is -1.15. The summed E-state index contributed by atoms with van der Waals surface area (Å²) in [4.78, 5) is 11.4. The van der Waals surface area contributed by atoms with Crippen molar-refractivity contribution in [2.24, 2.45) is 0 Å². The van der Waals surface area contributed by atoms with Gasteiger partial charge in [0.05, 0.1) is 12.0 Å². The Morgan fingerprint density at radius 3 is 2.42 bits per heavy atom. The molecule has 19 heavy (non-hydrogen) atoms. The van der Waals surface area contributed by atoms with Crippen LogP contribution < -0.4 is 4.72 Å². The third-order valence-electron chi connectivity index (χ3n) is 2.51. The van der Waals surface area contributed by atoms with Crippen LogP contribution in [0.4, 0.5) is 4.39 Å². The maximum absolute atomic E-state index is 13.0. The lowest BCUT2D eigenvalue weighted by Crippen LogP contribution is -2.50. The van der Waals surface area contributed by atoms with Gasteiger partial charge in [0.15, 0.2) is 0 Å². The van der Waals surface area contributed by atoms with Gasteiger partial charge in [0.2, 0.25) is 10.0 Å². The van der Waals surface area contributed by atoms with Gasteiger partial charge in [0.25, 0.3) is 0 Å². The van der Waals surface area contributed by atoms with Gasteiger partial charge in [-0.25, -0.2) is 12.8 Å². The van der Waals surface area contributed by atoms with E-state index in [1.807, 2.05) is 0 Å². The van der Waals surface area contributed by atoms with Crippen LogP contribution in [0.5, 0.6) is 0 Å². The highest BCUT2D eigenvalue weighted by molar-refractivity contribution is 7.89. The van der Waals surface area contributed by atoms with Gasteiger partial charge in [0.1, 0.15) is 11.4 Å². The zero-order valence-corrected chi connectivity index (χ0v) is 12.0. The van der Waals surface area contributed by atoms with Crippen LogP contribution in [0.15, 0.2) is 23.1 Å². The van der Waals surface area contributed by atoms with Gasteiger partial charge in [-0.3, -0.25) is 4.79 Å². The number of ether oxygens (including phenoxy) is 1. The van der Waals surface area contributed by atoms with Gasteiger partial charge in [-0.15, -0.1) is 0 Å². The molecule has 0 atom stereocenters. The van der Waals surface area contributed by atoms with E-state index in [1.54, 1.807) is 0 Å². The molecule has 5 nitrogen and oxygen atoms in total. The Hall–Kier alpha value is -1.47. The van der Waals surface area contributed by atoms with Crippen molar-refractivity contribution in [1.29, 1.82) is 0 Å². The molecule has 0 aliphatic heterocycles. The first-order chi connectivity index (χ1) is 8.60. The summed E-state index contributed by atoms with van der Waals surface area (Å²) in [6.07, 6.45) is 0. The molecule has 1 aromatic carbocycles. The molecule has 0 saturated heterocycles. The molecule has 106 valence electrons. The number of nitrogens with one attached hydrogen (secondary N) is 1. The van der Waals surface area contributed by atoms with Crippen LogP contribution in [0.25, 0.3) is 0 Å². The molecular formula is C12H16FNO4S. The summed E-state index contributed by atoms with van der Waals surface area (Å²) in [6, 6.07) is 3.31. The Morgan fingerprint density at radius 2 is 1.95 bits per heavy atom. The summed E-state index contributed by atoms with van der Waals surface area (Å²) in [5.74, 6) is -1.24. The van der Waals surface area contributed by atoms with E-state index in [1.165, 1.54) is 27.9 Å². The van der Waals surface area contributed by atoms with Crippen LogP contribution in [-0.2, 0) is 19.6 Å². The molecule has 1 N–H and O–H groups in total. The molecule has 7 heteroatoms. The van der Waals surface area contributed by atoms with Crippen LogP contribution in [0.2, 0.25) is 0 Å². The first-order valence-electron chi connectivity index (χ1n) is 5.49. The number of carbonyl (C=O) groups excluding carboxylic acids is 1. The zero-order valence-electron chi connectivity index (χ0n) is 11.2. The molecule has 0 radical (unpaired) electrons. The molecule has 0 bridgehead atoms. The van der Waals surface area contributed by atoms with Crippen molar-refractivity contribution in [3.05, 3.63) is 29.6 Å². The minimum atomic E-state index is -3.94. The lowest BCUT2D eigenvalue weighted by atomic mass is 10.1. The molecule has 1 aromatic rings. The van der Waals surface area contributed by atoms with Crippen molar-refractivity contribution in [3.63, 3.8) is 0 Å². The molecule has 0 saturated carbocycles. The summed E-state index contributed by atoms with van der Waals surface area (Å²) in [7, 11) is -2.77. The van der Waals surface area contributed by atoms with E-state index in [0.29, 0.717) is 0 Å². The van der Waals surface area contributed by atoms with Gasteiger partial charge >= 0.3 is 5.97 Å². The summed E-state index contributed by atoms with van der Waals surface area (Å²) >= 11 is 0. The lowest BCUT2D eigenvalue weighted by Gasteiger charge is -2.23. The Bertz CT molecular complexity index is 596. The molecule has 0 fully saturated rings. The SMILES string of the molecule is COC(=O)C(C)(C)NS(=O)(=O)c1ccc(F)cc1C. The summed E-state index contributed by atoms with van der Waals surface area (Å²) in [5, 5.41) is 0. The van der Waals surface area contributed by atoms with Gasteiger partial charge in [0, 0.05) is 0 Å². The second-order valence-electron chi connectivity index (χ2n) is 4.63. The number of rotatable bonds is 4. The molecular weight excluding hydrogens is 273 g/mol. The lowest BCUT2D eigenvalue weighted by molar-refractivity contribution is -0.146. The highest BCUT2D eigenvalue weighted by Crippen LogP contribution is 2.18. The fourth-order valence-corrected chi connectivity index (χ4v) is 3.20. The Morgan fingerprint density at radius 1 is 1.37 bits per heavy atom. The maximum atomic E-state index is 13.0. The third kappa shape index (κ3) is 3.51. The number of halogens is 1. The van der Waals surface area contributed by atoms with Crippen molar-refractivity contribution in [2.45, 2.75) is 31.2 Å². The van der Waals surface area contributed by atoms with E-state index in [9.17, 15) is 17.6 Å². The number of methoxy groups -OCH3 is 1. The largest absolute Gasteiger partial charge is 0.468 e. The van der Waals surface area contributed by atoms with Crippen LogP contribution in [-0.4, -0.2) is 27.0 Å². The molecule has 0 aliphatic carbocycles. The van der Waals surface area contributed by atoms with E-state index in [2.05, 4.69) is 9.46 Å². The highest BCUT2D eigenvalue weighted by Gasteiger charge is 2.34. The minimum absolute atomic E-state index is 0.0779. The second kappa shape index (κ2) is 5.26. The smallest absolute Gasteiger partial charge is 0.326 e. The Kier molecular flexibility index (Phi) is 4.32. The molecule has 0 aliphatic rings. The second-order valence-corrected chi connectivity index (χ2v) is 6.28. The molecule has 1 rings (SSSR count). The van der Waals surface area contributed by atoms with Crippen molar-refractivity contribution in [2.75, 3.05) is 7.11 Å². The van der Waals surface area contributed by atoms with Gasteiger partial charge < -0.3 is 4.74 Å². The van der Waals surface area contributed by atoms with Crippen LogP contribution >= 0.6 is 0 Å². The standard InChI is InChI=1S/C12H16FNO4S/c1-8-7-9(13)5-6-10(8)19(16,17)14-12(2,3)11(15)18-4/h5-7,14H,1-4H3. The number of hydrogen-bond acceptors (Lipinski definition) is 4. The first-order valence-corrected chi connectivity index (χ1v) is 6.97. The van der Waals surface area contributed by atoms with Crippen LogP contribution in [0.1, 0.15) is 19.4 Å². The predicted octanol–water partition coefficient (Wildman–Crippen LogP) is 1.36. The monoisotopic (exact) mass is 289 g/mol. The zero-order chi connectivity index (χ0) is 14.8. The van der Waals surface area contributed by atoms with E-state index in [0.717, 1.165) is 18.2 Å². The molecule has 0 aromatic heterocycles. The van der Waals surface area contributed by atoms with Crippen LogP contribution in [0.3, 0.4) is 0 Å². The molecule has 0 spiro atoms. The average Bonchev–Trinajstić information content (AvgIpc) is 2.25. The van der Waals surface area contributed by atoms with E-state index >= 15 is 0 Å². The summed E-state index contributed by atoms with van der Waals surface area (Å²) < 4.78 is 44.0. The maximum Gasteiger partial charge on any atom is 0.326 e. The number of benzene rings is 1. The van der Waals surface area contributed by atoms with Gasteiger partial charge in [-0.2, -0.15) is 4.72 Å². The van der Waals surface area contributed by atoms with Crippen molar-refractivity contribution in [3.8, 4) is 0 Å². The van der Waals surface area contributed by atoms with E-state index < -0.39 is 27.3 Å². The highest BCUT2D eigenvalue weighted by atomic mass is 32.2. The summed E-state index contributed by atoms with van der Waals surface area (Å²) in [6.45, 7) is 4.24. The van der Waals surface area contributed by atoms with Crippen molar-refractivity contribution >= 4 is 16.0 Å². The van der Waals surface area contributed by atoms with Crippen LogP contribution in [0, 0.1) is 12.7 Å². The predicted molar refractivity (Wildman–Crippen MR) is 67.6 cm³/mol. The van der Waals surface area contributed by atoms with Crippen molar-refractivity contribution in [1.82, 2.24) is 4.72 Å². The number of aryl methyl sites for hydroxylation is 1. The number of esters is 1. The normalized spacial score (nSPS) is 12.3. The topological polar surface area (TPSA) is 72.5 Å². The minimum Gasteiger partial charge on any atom is -0.468 e. The fraction of sp³-hybridized carbons (Fsp3) is 0.417. The molecule has 0 heterocycles. The quantitative estimate of drug-likeness (QED) is 0.850. The molecule has 0 unspecified atom stereocenters. The Balaban J connectivity index is 3.15. The average molecular weight is 289 g/mol. The van der Waals surface area contributed by atoms with Gasteiger partial charge in [-0.1, -0.05) is 0 Å². The molecule has 0 amide bonds. The van der Waals surface area contributed by atoms with E-state index in [4.69, 9.17) is 0 Å². The number of sulfonamides is 1. The Labute approximate surface area is 111 Å². The van der Waals surface area contributed by atoms with Crippen molar-refractivity contribution < 1.29 is 22.3 Å². The number of carbonyl (C=O) groups is 1. The fourth-order valence-electron chi connectivity index (χ4n) is 1.60.